The van der Waals surface area contributed by atoms with E-state index in [1.54, 1.807) is 12.3 Å². The first-order valence-corrected chi connectivity index (χ1v) is 5.36. The van der Waals surface area contributed by atoms with Gasteiger partial charge in [0.15, 0.2) is 0 Å². The van der Waals surface area contributed by atoms with Crippen molar-refractivity contribution >= 4 is 5.69 Å². The van der Waals surface area contributed by atoms with Crippen molar-refractivity contribution in [1.82, 2.24) is 10.2 Å². The van der Waals surface area contributed by atoms with E-state index in [4.69, 9.17) is 0 Å². The van der Waals surface area contributed by atoms with E-state index in [1.165, 1.54) is 12.8 Å². The summed E-state index contributed by atoms with van der Waals surface area (Å²) in [5.74, 6) is 0. The molecule has 2 N–H and O–H groups in total. The number of aromatic amines is 1. The smallest absolute Gasteiger partial charge is 0.266 e. The largest absolute Gasteiger partial charge is 0.381 e. The number of nitrogens with zero attached hydrogens (tertiary/aromatic N) is 1. The second-order valence-corrected chi connectivity index (χ2v) is 5.08. The van der Waals surface area contributed by atoms with Gasteiger partial charge in [0, 0.05) is 12.1 Å². The summed E-state index contributed by atoms with van der Waals surface area (Å²) >= 11 is 0. The van der Waals surface area contributed by atoms with E-state index < -0.39 is 0 Å². The van der Waals surface area contributed by atoms with E-state index in [-0.39, 0.29) is 5.56 Å². The van der Waals surface area contributed by atoms with Crippen LogP contribution in [0.25, 0.3) is 0 Å². The molecule has 1 heterocycles. The zero-order valence-corrected chi connectivity index (χ0v) is 9.21. The molecule has 1 aliphatic carbocycles. The third-order valence-corrected chi connectivity index (χ3v) is 3.00. The van der Waals surface area contributed by atoms with E-state index in [9.17, 15) is 4.79 Å². The van der Waals surface area contributed by atoms with Crippen molar-refractivity contribution in [3.05, 3.63) is 22.6 Å². The molecule has 1 aromatic heterocycles. The number of hydrogen-bond acceptors (Lipinski definition) is 3. The van der Waals surface area contributed by atoms with Crippen molar-refractivity contribution in [1.29, 1.82) is 0 Å². The number of rotatable bonds is 2. The van der Waals surface area contributed by atoms with Gasteiger partial charge in [-0.05, 0) is 24.7 Å². The molecule has 0 spiro atoms. The van der Waals surface area contributed by atoms with Gasteiger partial charge in [-0.15, -0.1) is 0 Å². The summed E-state index contributed by atoms with van der Waals surface area (Å²) < 4.78 is 0. The van der Waals surface area contributed by atoms with E-state index in [0.717, 1.165) is 12.1 Å². The van der Waals surface area contributed by atoms with Crippen LogP contribution in [0.4, 0.5) is 5.69 Å². The Labute approximate surface area is 89.1 Å². The molecule has 1 fully saturated rings. The Morgan fingerprint density at radius 2 is 2.40 bits per heavy atom. The predicted molar refractivity (Wildman–Crippen MR) is 59.9 cm³/mol. The Hall–Kier alpha value is -1.32. The van der Waals surface area contributed by atoms with Crippen LogP contribution in [0.1, 0.15) is 33.1 Å². The van der Waals surface area contributed by atoms with Gasteiger partial charge in [-0.2, -0.15) is 5.10 Å². The molecule has 0 aromatic carbocycles. The van der Waals surface area contributed by atoms with Gasteiger partial charge in [-0.1, -0.05) is 13.8 Å². The predicted octanol–water partition coefficient (Wildman–Crippen LogP) is 1.76. The van der Waals surface area contributed by atoms with E-state index in [1.807, 2.05) is 0 Å². The number of hydrogen-bond donors (Lipinski definition) is 2. The van der Waals surface area contributed by atoms with Crippen molar-refractivity contribution < 1.29 is 0 Å². The van der Waals surface area contributed by atoms with Crippen molar-refractivity contribution in [2.24, 2.45) is 5.41 Å². The lowest BCUT2D eigenvalue weighted by molar-refractivity contribution is 0.378. The van der Waals surface area contributed by atoms with E-state index >= 15 is 0 Å². The molecule has 1 saturated carbocycles. The van der Waals surface area contributed by atoms with Gasteiger partial charge in [0.25, 0.3) is 5.56 Å². The molecule has 0 amide bonds. The highest BCUT2D eigenvalue weighted by molar-refractivity contribution is 5.40. The summed E-state index contributed by atoms with van der Waals surface area (Å²) in [7, 11) is 0. The molecule has 2 rings (SSSR count). The van der Waals surface area contributed by atoms with E-state index in [2.05, 4.69) is 29.4 Å². The molecule has 1 atom stereocenters. The molecule has 4 heteroatoms. The lowest BCUT2D eigenvalue weighted by Gasteiger charge is -2.18. The first-order valence-electron chi connectivity index (χ1n) is 5.36. The molecule has 0 radical (unpaired) electrons. The fourth-order valence-corrected chi connectivity index (χ4v) is 2.25. The first-order chi connectivity index (χ1) is 7.05. The number of anilines is 1. The standard InChI is InChI=1S/C11H17N3O/c1-11(2)4-3-8(6-11)13-9-5-10(15)14-12-7-9/h5,7-8H,3-4,6H2,1-2H3,(H2,13,14,15). The van der Waals surface area contributed by atoms with Crippen LogP contribution in [0.3, 0.4) is 0 Å². The second-order valence-electron chi connectivity index (χ2n) is 5.08. The zero-order chi connectivity index (χ0) is 10.9. The Morgan fingerprint density at radius 3 is 3.00 bits per heavy atom. The Morgan fingerprint density at radius 1 is 1.60 bits per heavy atom. The molecule has 82 valence electrons. The minimum atomic E-state index is -0.155. The Balaban J connectivity index is 2.02. The van der Waals surface area contributed by atoms with Crippen LogP contribution in [-0.4, -0.2) is 16.2 Å². The van der Waals surface area contributed by atoms with Crippen LogP contribution in [0.5, 0.6) is 0 Å². The molecule has 0 aliphatic heterocycles. The molecule has 15 heavy (non-hydrogen) atoms. The summed E-state index contributed by atoms with van der Waals surface area (Å²) in [5.41, 5.74) is 1.09. The Bertz CT molecular complexity index is 397. The average molecular weight is 207 g/mol. The maximum absolute atomic E-state index is 11.0. The third-order valence-electron chi connectivity index (χ3n) is 3.00. The van der Waals surface area contributed by atoms with Crippen molar-refractivity contribution in [2.45, 2.75) is 39.2 Å². The number of H-pyrrole nitrogens is 1. The highest BCUT2D eigenvalue weighted by Gasteiger charge is 2.30. The second kappa shape index (κ2) is 3.68. The molecule has 0 bridgehead atoms. The highest BCUT2D eigenvalue weighted by Crippen LogP contribution is 2.37. The summed E-state index contributed by atoms with van der Waals surface area (Å²) in [4.78, 5) is 11.0. The van der Waals surface area contributed by atoms with Crippen LogP contribution in [0.2, 0.25) is 0 Å². The monoisotopic (exact) mass is 207 g/mol. The lowest BCUT2D eigenvalue weighted by Crippen LogP contribution is -2.19. The SMILES string of the molecule is CC1(C)CCC(Nc2cn[nH]c(=O)c2)C1. The molecule has 1 aromatic rings. The topological polar surface area (TPSA) is 57.8 Å². The van der Waals surface area contributed by atoms with Gasteiger partial charge in [-0.3, -0.25) is 4.79 Å². The quantitative estimate of drug-likeness (QED) is 0.777. The van der Waals surface area contributed by atoms with Gasteiger partial charge in [0.05, 0.1) is 11.9 Å². The van der Waals surface area contributed by atoms with Crippen LogP contribution >= 0.6 is 0 Å². The van der Waals surface area contributed by atoms with Crippen LogP contribution in [0, 0.1) is 5.41 Å². The Kier molecular flexibility index (Phi) is 2.50. The van der Waals surface area contributed by atoms with Crippen molar-refractivity contribution in [2.75, 3.05) is 5.32 Å². The van der Waals surface area contributed by atoms with Crippen LogP contribution < -0.4 is 10.9 Å². The molecule has 1 aliphatic rings. The van der Waals surface area contributed by atoms with Crippen LogP contribution in [0.15, 0.2) is 17.1 Å². The summed E-state index contributed by atoms with van der Waals surface area (Å²) in [5, 5.41) is 9.48. The fourth-order valence-electron chi connectivity index (χ4n) is 2.25. The molecular formula is C11H17N3O. The minimum Gasteiger partial charge on any atom is -0.381 e. The van der Waals surface area contributed by atoms with Gasteiger partial charge in [0.1, 0.15) is 0 Å². The highest BCUT2D eigenvalue weighted by atomic mass is 16.1. The normalized spacial score (nSPS) is 24.0. The maximum Gasteiger partial charge on any atom is 0.266 e. The average Bonchev–Trinajstić information content (AvgIpc) is 2.45. The van der Waals surface area contributed by atoms with Crippen molar-refractivity contribution in [3.8, 4) is 0 Å². The number of aromatic nitrogens is 2. The molecular weight excluding hydrogens is 190 g/mol. The molecule has 4 nitrogen and oxygen atoms in total. The lowest BCUT2D eigenvalue weighted by atomic mass is 9.92. The van der Waals surface area contributed by atoms with Crippen molar-refractivity contribution in [3.63, 3.8) is 0 Å². The maximum atomic E-state index is 11.0. The van der Waals surface area contributed by atoms with Crippen LogP contribution in [-0.2, 0) is 0 Å². The van der Waals surface area contributed by atoms with Gasteiger partial charge in [0.2, 0.25) is 0 Å². The fraction of sp³-hybridized carbons (Fsp3) is 0.636. The first kappa shape index (κ1) is 10.2. The summed E-state index contributed by atoms with van der Waals surface area (Å²) in [6, 6.07) is 2.03. The zero-order valence-electron chi connectivity index (χ0n) is 9.21. The van der Waals surface area contributed by atoms with Gasteiger partial charge < -0.3 is 5.32 Å². The van der Waals surface area contributed by atoms with Gasteiger partial charge >= 0.3 is 0 Å². The minimum absolute atomic E-state index is 0.155. The summed E-state index contributed by atoms with van der Waals surface area (Å²) in [6.07, 6.45) is 5.22. The van der Waals surface area contributed by atoms with Gasteiger partial charge in [-0.25, -0.2) is 5.10 Å². The summed E-state index contributed by atoms with van der Waals surface area (Å²) in [6.45, 7) is 4.56. The third kappa shape index (κ3) is 2.58. The molecule has 0 saturated heterocycles. The molecule has 1 unspecified atom stereocenters. The van der Waals surface area contributed by atoms with E-state index in [0.29, 0.717) is 11.5 Å². The number of nitrogens with one attached hydrogen (secondary N) is 2.